The van der Waals surface area contributed by atoms with Crippen LogP contribution in [0.25, 0.3) is 0 Å². The number of aryl methyl sites for hydroxylation is 2. The second kappa shape index (κ2) is 8.18. The summed E-state index contributed by atoms with van der Waals surface area (Å²) < 4.78 is 5.47. The van der Waals surface area contributed by atoms with Crippen LogP contribution in [0, 0.1) is 19.8 Å². The number of aliphatic imine (C=N–C) groups is 1. The monoisotopic (exact) mass is 303 g/mol. The van der Waals surface area contributed by atoms with E-state index in [4.69, 9.17) is 9.73 Å². The molecule has 0 aliphatic carbocycles. The molecular formula is C18H29N3O. The summed E-state index contributed by atoms with van der Waals surface area (Å²) in [7, 11) is 2.11. The van der Waals surface area contributed by atoms with E-state index in [2.05, 4.69) is 56.2 Å². The second-order valence-corrected chi connectivity index (χ2v) is 6.21. The summed E-state index contributed by atoms with van der Waals surface area (Å²) in [5, 5.41) is 3.39. The molecule has 0 aromatic heterocycles. The first kappa shape index (κ1) is 16.8. The fourth-order valence-electron chi connectivity index (χ4n) is 2.85. The molecule has 1 heterocycles. The molecule has 1 fully saturated rings. The molecule has 1 atom stereocenters. The van der Waals surface area contributed by atoms with Gasteiger partial charge in [0.15, 0.2) is 5.96 Å². The van der Waals surface area contributed by atoms with E-state index in [0.29, 0.717) is 5.92 Å². The molecule has 1 aliphatic rings. The maximum absolute atomic E-state index is 5.47. The van der Waals surface area contributed by atoms with Crippen LogP contribution in [0.1, 0.15) is 30.0 Å². The van der Waals surface area contributed by atoms with Crippen LogP contribution in [-0.4, -0.2) is 44.2 Å². The zero-order chi connectivity index (χ0) is 15.9. The van der Waals surface area contributed by atoms with Gasteiger partial charge in [-0.2, -0.15) is 0 Å². The minimum absolute atomic E-state index is 0.620. The molecule has 2 rings (SSSR count). The molecule has 4 nitrogen and oxygen atoms in total. The third kappa shape index (κ3) is 4.73. The van der Waals surface area contributed by atoms with Crippen LogP contribution < -0.4 is 5.32 Å². The standard InChI is InChI=1S/C18H29N3O/c1-5-19-18(21(4)12-16-8-9-22-13-16)20-11-17-7-6-14(2)10-15(17)3/h6-7,10,16H,5,8-9,11-13H2,1-4H3,(H,19,20). The van der Waals surface area contributed by atoms with Gasteiger partial charge in [0.05, 0.1) is 13.2 Å². The van der Waals surface area contributed by atoms with Crippen LogP contribution >= 0.6 is 0 Å². The Morgan fingerprint density at radius 1 is 1.41 bits per heavy atom. The molecule has 122 valence electrons. The number of rotatable bonds is 5. The lowest BCUT2D eigenvalue weighted by atomic mass is 10.1. The maximum atomic E-state index is 5.47. The largest absolute Gasteiger partial charge is 0.381 e. The highest BCUT2D eigenvalue weighted by molar-refractivity contribution is 5.79. The minimum Gasteiger partial charge on any atom is -0.381 e. The zero-order valence-electron chi connectivity index (χ0n) is 14.4. The van der Waals surface area contributed by atoms with E-state index in [1.165, 1.54) is 16.7 Å². The number of ether oxygens (including phenoxy) is 1. The van der Waals surface area contributed by atoms with Gasteiger partial charge in [0.1, 0.15) is 0 Å². The van der Waals surface area contributed by atoms with Gasteiger partial charge in [-0.25, -0.2) is 4.99 Å². The van der Waals surface area contributed by atoms with E-state index in [9.17, 15) is 0 Å². The molecule has 1 unspecified atom stereocenters. The van der Waals surface area contributed by atoms with Crippen LogP contribution in [-0.2, 0) is 11.3 Å². The molecule has 0 saturated carbocycles. The molecule has 1 saturated heterocycles. The van der Waals surface area contributed by atoms with Crippen molar-refractivity contribution in [2.75, 3.05) is 33.4 Å². The molecular weight excluding hydrogens is 274 g/mol. The fraction of sp³-hybridized carbons (Fsp3) is 0.611. The van der Waals surface area contributed by atoms with E-state index in [-0.39, 0.29) is 0 Å². The molecule has 1 N–H and O–H groups in total. The number of benzene rings is 1. The van der Waals surface area contributed by atoms with E-state index >= 15 is 0 Å². The Kier molecular flexibility index (Phi) is 6.25. The predicted molar refractivity (Wildman–Crippen MR) is 92.3 cm³/mol. The molecule has 1 aromatic carbocycles. The van der Waals surface area contributed by atoms with Crippen LogP contribution in [0.4, 0.5) is 0 Å². The first-order chi connectivity index (χ1) is 10.6. The minimum atomic E-state index is 0.620. The van der Waals surface area contributed by atoms with Crippen molar-refractivity contribution in [1.29, 1.82) is 0 Å². The number of nitrogens with zero attached hydrogens (tertiary/aromatic N) is 2. The predicted octanol–water partition coefficient (Wildman–Crippen LogP) is 2.74. The Morgan fingerprint density at radius 2 is 2.23 bits per heavy atom. The Hall–Kier alpha value is -1.55. The van der Waals surface area contributed by atoms with Crippen molar-refractivity contribution in [3.8, 4) is 0 Å². The van der Waals surface area contributed by atoms with Gasteiger partial charge >= 0.3 is 0 Å². The summed E-state index contributed by atoms with van der Waals surface area (Å²) in [5.41, 5.74) is 3.90. The molecule has 1 aromatic rings. The van der Waals surface area contributed by atoms with E-state index in [0.717, 1.165) is 45.2 Å². The van der Waals surface area contributed by atoms with E-state index < -0.39 is 0 Å². The average Bonchev–Trinajstić information content (AvgIpc) is 2.97. The number of hydrogen-bond donors (Lipinski definition) is 1. The summed E-state index contributed by atoms with van der Waals surface area (Å²) >= 11 is 0. The zero-order valence-corrected chi connectivity index (χ0v) is 14.4. The average molecular weight is 303 g/mol. The van der Waals surface area contributed by atoms with Gasteiger partial charge in [0.2, 0.25) is 0 Å². The van der Waals surface area contributed by atoms with Crippen molar-refractivity contribution >= 4 is 5.96 Å². The lowest BCUT2D eigenvalue weighted by Gasteiger charge is -2.24. The van der Waals surface area contributed by atoms with Gasteiger partial charge < -0.3 is 15.0 Å². The number of hydrogen-bond acceptors (Lipinski definition) is 2. The molecule has 4 heteroatoms. The summed E-state index contributed by atoms with van der Waals surface area (Å²) in [6.07, 6.45) is 1.15. The smallest absolute Gasteiger partial charge is 0.193 e. The third-order valence-corrected chi connectivity index (χ3v) is 4.15. The summed E-state index contributed by atoms with van der Waals surface area (Å²) in [5.74, 6) is 1.60. The number of guanidine groups is 1. The molecule has 22 heavy (non-hydrogen) atoms. The molecule has 1 aliphatic heterocycles. The highest BCUT2D eigenvalue weighted by Crippen LogP contribution is 2.14. The molecule has 0 spiro atoms. The Labute approximate surface area is 134 Å². The number of nitrogens with one attached hydrogen (secondary N) is 1. The third-order valence-electron chi connectivity index (χ3n) is 4.15. The van der Waals surface area contributed by atoms with E-state index in [1.807, 2.05) is 0 Å². The second-order valence-electron chi connectivity index (χ2n) is 6.21. The van der Waals surface area contributed by atoms with Gasteiger partial charge in [-0.15, -0.1) is 0 Å². The van der Waals surface area contributed by atoms with Crippen LogP contribution in [0.3, 0.4) is 0 Å². The fourth-order valence-corrected chi connectivity index (χ4v) is 2.85. The SMILES string of the molecule is CCNC(=NCc1ccc(C)cc1C)N(C)CC1CCOC1. The van der Waals surface area contributed by atoms with Gasteiger partial charge in [0, 0.05) is 32.7 Å². The Balaban J connectivity index is 2.01. The quantitative estimate of drug-likeness (QED) is 0.671. The van der Waals surface area contributed by atoms with Crippen molar-refractivity contribution in [2.45, 2.75) is 33.7 Å². The first-order valence-electron chi connectivity index (χ1n) is 8.23. The van der Waals surface area contributed by atoms with Crippen LogP contribution in [0.15, 0.2) is 23.2 Å². The van der Waals surface area contributed by atoms with Gasteiger partial charge in [-0.1, -0.05) is 23.8 Å². The normalized spacial score (nSPS) is 18.5. The van der Waals surface area contributed by atoms with Crippen molar-refractivity contribution in [3.05, 3.63) is 34.9 Å². The van der Waals surface area contributed by atoms with E-state index in [1.54, 1.807) is 0 Å². The van der Waals surface area contributed by atoms with Crippen molar-refractivity contribution in [2.24, 2.45) is 10.9 Å². The molecule has 0 radical (unpaired) electrons. The molecule has 0 amide bonds. The Bertz CT molecular complexity index is 507. The summed E-state index contributed by atoms with van der Waals surface area (Å²) in [6.45, 7) is 10.8. The van der Waals surface area contributed by atoms with Crippen molar-refractivity contribution < 1.29 is 4.74 Å². The van der Waals surface area contributed by atoms with Crippen LogP contribution in [0.5, 0.6) is 0 Å². The Morgan fingerprint density at radius 3 is 2.86 bits per heavy atom. The van der Waals surface area contributed by atoms with Crippen molar-refractivity contribution in [3.63, 3.8) is 0 Å². The van der Waals surface area contributed by atoms with Crippen molar-refractivity contribution in [1.82, 2.24) is 10.2 Å². The highest BCUT2D eigenvalue weighted by Gasteiger charge is 2.19. The topological polar surface area (TPSA) is 36.9 Å². The van der Waals surface area contributed by atoms with Crippen LogP contribution in [0.2, 0.25) is 0 Å². The lowest BCUT2D eigenvalue weighted by Crippen LogP contribution is -2.41. The maximum Gasteiger partial charge on any atom is 0.193 e. The highest BCUT2D eigenvalue weighted by atomic mass is 16.5. The lowest BCUT2D eigenvalue weighted by molar-refractivity contribution is 0.181. The first-order valence-corrected chi connectivity index (χ1v) is 8.23. The molecule has 0 bridgehead atoms. The summed E-state index contributed by atoms with van der Waals surface area (Å²) in [6, 6.07) is 6.56. The van der Waals surface area contributed by atoms with Gasteiger partial charge in [-0.3, -0.25) is 0 Å². The van der Waals surface area contributed by atoms with Gasteiger partial charge in [-0.05, 0) is 38.3 Å². The van der Waals surface area contributed by atoms with Gasteiger partial charge in [0.25, 0.3) is 0 Å². The summed E-state index contributed by atoms with van der Waals surface area (Å²) in [4.78, 5) is 7.04.